The van der Waals surface area contributed by atoms with E-state index < -0.39 is 0 Å². The monoisotopic (exact) mass is 178 g/mol. The fourth-order valence-electron chi connectivity index (χ4n) is 4.37. The number of ether oxygens (including phenoxy) is 1. The van der Waals surface area contributed by atoms with Crippen LogP contribution in [0, 0.1) is 23.7 Å². The van der Waals surface area contributed by atoms with E-state index in [1.54, 1.807) is 0 Å². The zero-order chi connectivity index (χ0) is 8.58. The van der Waals surface area contributed by atoms with Crippen LogP contribution >= 0.6 is 0 Å². The summed E-state index contributed by atoms with van der Waals surface area (Å²) < 4.78 is 6.01. The summed E-state index contributed by atoms with van der Waals surface area (Å²) in [5, 5.41) is 0. The molecule has 13 heavy (non-hydrogen) atoms. The van der Waals surface area contributed by atoms with Crippen LogP contribution < -0.4 is 0 Å². The minimum Gasteiger partial charge on any atom is -0.374 e. The van der Waals surface area contributed by atoms with Gasteiger partial charge in [0.15, 0.2) is 0 Å². The molecule has 0 aromatic rings. The predicted molar refractivity (Wildman–Crippen MR) is 46.1 cm³/mol. The van der Waals surface area contributed by atoms with Crippen molar-refractivity contribution in [2.75, 3.05) is 0 Å². The van der Waals surface area contributed by atoms with E-state index in [-0.39, 0.29) is 0 Å². The van der Waals surface area contributed by atoms with Crippen molar-refractivity contribution < 1.29 is 9.53 Å². The van der Waals surface area contributed by atoms with E-state index >= 15 is 0 Å². The Morgan fingerprint density at radius 2 is 1.69 bits per heavy atom. The first-order chi connectivity index (χ1) is 6.34. The minimum absolute atomic E-state index is 0.404. The van der Waals surface area contributed by atoms with Crippen LogP contribution in [0.3, 0.4) is 0 Å². The average molecular weight is 178 g/mol. The molecule has 5 aliphatic rings. The molecule has 0 N–H and O–H groups in total. The van der Waals surface area contributed by atoms with E-state index in [0.717, 1.165) is 12.8 Å². The Morgan fingerprint density at radius 1 is 1.08 bits per heavy atom. The second-order valence-electron chi connectivity index (χ2n) is 5.21. The number of hydrogen-bond donors (Lipinski definition) is 0. The highest BCUT2D eigenvalue weighted by Crippen LogP contribution is 2.58. The molecule has 0 aromatic heterocycles. The summed E-state index contributed by atoms with van der Waals surface area (Å²) in [5.41, 5.74) is 0. The molecular weight excluding hydrogens is 164 g/mol. The largest absolute Gasteiger partial charge is 0.374 e. The Kier molecular flexibility index (Phi) is 1.08. The van der Waals surface area contributed by atoms with Crippen LogP contribution in [-0.4, -0.2) is 18.0 Å². The van der Waals surface area contributed by atoms with Crippen molar-refractivity contribution >= 4 is 5.78 Å². The molecule has 0 radical (unpaired) electrons. The van der Waals surface area contributed by atoms with Crippen molar-refractivity contribution in [3.05, 3.63) is 0 Å². The first-order valence-corrected chi connectivity index (χ1v) is 5.54. The third kappa shape index (κ3) is 0.653. The second-order valence-corrected chi connectivity index (χ2v) is 5.21. The summed E-state index contributed by atoms with van der Waals surface area (Å²) in [4.78, 5) is 12.0. The zero-order valence-electron chi connectivity index (χ0n) is 7.61. The molecule has 0 spiro atoms. The molecule has 70 valence electrons. The Hall–Kier alpha value is -0.370. The van der Waals surface area contributed by atoms with Crippen molar-refractivity contribution in [3.63, 3.8) is 0 Å². The summed E-state index contributed by atoms with van der Waals surface area (Å²) in [6, 6.07) is 0. The van der Waals surface area contributed by atoms with Crippen LogP contribution in [0.2, 0.25) is 0 Å². The van der Waals surface area contributed by atoms with E-state index in [4.69, 9.17) is 4.74 Å². The lowest BCUT2D eigenvalue weighted by Crippen LogP contribution is -2.58. The van der Waals surface area contributed by atoms with E-state index in [1.807, 2.05) is 0 Å². The molecule has 2 saturated heterocycles. The topological polar surface area (TPSA) is 26.3 Å². The fourth-order valence-corrected chi connectivity index (χ4v) is 4.37. The SMILES string of the molecule is O=C1C2CC3CC1C1CCC2C1O3. The number of carbonyl (C=O) groups is 1. The van der Waals surface area contributed by atoms with Crippen LogP contribution in [0.5, 0.6) is 0 Å². The molecule has 6 bridgehead atoms. The number of hydrogen-bond acceptors (Lipinski definition) is 2. The van der Waals surface area contributed by atoms with Crippen LogP contribution in [-0.2, 0) is 9.53 Å². The summed E-state index contributed by atoms with van der Waals surface area (Å²) >= 11 is 0. The van der Waals surface area contributed by atoms with Gasteiger partial charge in [-0.25, -0.2) is 0 Å². The Balaban J connectivity index is 1.87. The van der Waals surface area contributed by atoms with E-state index in [0.29, 0.717) is 41.7 Å². The maximum atomic E-state index is 12.0. The lowest BCUT2D eigenvalue weighted by molar-refractivity contribution is -0.198. The standard InChI is InChI=1S/C11H14O2/c12-10-8-3-5-4-9(10)7-2-1-6(8)11(7)13-5/h5-9,11H,1-4H2. The highest BCUT2D eigenvalue weighted by atomic mass is 16.5. The van der Waals surface area contributed by atoms with Gasteiger partial charge in [-0.05, 0) is 37.5 Å². The van der Waals surface area contributed by atoms with Crippen molar-refractivity contribution in [2.45, 2.75) is 37.9 Å². The number of ketones is 1. The van der Waals surface area contributed by atoms with Gasteiger partial charge in [-0.2, -0.15) is 0 Å². The Bertz CT molecular complexity index is 262. The molecule has 4 atom stereocenters. The third-order valence-corrected chi connectivity index (χ3v) is 4.83. The Morgan fingerprint density at radius 3 is 2.31 bits per heavy atom. The molecule has 2 heterocycles. The lowest BCUT2D eigenvalue weighted by Gasteiger charge is -2.52. The smallest absolute Gasteiger partial charge is 0.139 e. The van der Waals surface area contributed by atoms with Crippen molar-refractivity contribution in [3.8, 4) is 0 Å². The fraction of sp³-hybridized carbons (Fsp3) is 0.909. The molecule has 2 aliphatic heterocycles. The molecule has 5 rings (SSSR count). The molecule has 3 aliphatic carbocycles. The molecule has 5 fully saturated rings. The predicted octanol–water partition coefficient (Wildman–Crippen LogP) is 1.39. The van der Waals surface area contributed by atoms with E-state index in [1.165, 1.54) is 12.8 Å². The van der Waals surface area contributed by atoms with Crippen molar-refractivity contribution in [1.82, 2.24) is 0 Å². The quantitative estimate of drug-likeness (QED) is 0.560. The van der Waals surface area contributed by atoms with Crippen LogP contribution in [0.25, 0.3) is 0 Å². The van der Waals surface area contributed by atoms with Gasteiger partial charge < -0.3 is 4.74 Å². The molecule has 0 aromatic carbocycles. The van der Waals surface area contributed by atoms with Gasteiger partial charge in [0, 0.05) is 11.8 Å². The van der Waals surface area contributed by atoms with Gasteiger partial charge >= 0.3 is 0 Å². The highest BCUT2D eigenvalue weighted by molar-refractivity contribution is 5.86. The number of carbonyl (C=O) groups excluding carboxylic acids is 1. The summed E-state index contributed by atoms with van der Waals surface area (Å²) in [6.45, 7) is 0. The molecule has 2 nitrogen and oxygen atoms in total. The first kappa shape index (κ1) is 6.99. The summed E-state index contributed by atoms with van der Waals surface area (Å²) in [5.74, 6) is 2.64. The van der Waals surface area contributed by atoms with E-state index in [2.05, 4.69) is 0 Å². The number of rotatable bonds is 0. The van der Waals surface area contributed by atoms with Gasteiger partial charge in [-0.1, -0.05) is 0 Å². The number of Topliss-reactive ketones (excluding diaryl/α,β-unsaturated/α-hetero) is 1. The molecule has 2 heteroatoms. The first-order valence-electron chi connectivity index (χ1n) is 5.54. The highest BCUT2D eigenvalue weighted by Gasteiger charge is 2.61. The molecule has 3 saturated carbocycles. The third-order valence-electron chi connectivity index (χ3n) is 4.83. The summed E-state index contributed by atoms with van der Waals surface area (Å²) in [7, 11) is 0. The van der Waals surface area contributed by atoms with Crippen LogP contribution in [0.4, 0.5) is 0 Å². The van der Waals surface area contributed by atoms with Gasteiger partial charge in [0.2, 0.25) is 0 Å². The Labute approximate surface area is 77.6 Å². The van der Waals surface area contributed by atoms with Crippen molar-refractivity contribution in [2.24, 2.45) is 23.7 Å². The minimum atomic E-state index is 0.404. The summed E-state index contributed by atoms with van der Waals surface area (Å²) in [6.07, 6.45) is 5.54. The maximum Gasteiger partial charge on any atom is 0.139 e. The molecule has 0 amide bonds. The van der Waals surface area contributed by atoms with Gasteiger partial charge in [0.1, 0.15) is 5.78 Å². The van der Waals surface area contributed by atoms with Gasteiger partial charge in [0.05, 0.1) is 12.2 Å². The zero-order valence-corrected chi connectivity index (χ0v) is 7.61. The molecule has 4 unspecified atom stereocenters. The van der Waals surface area contributed by atoms with Crippen LogP contribution in [0.1, 0.15) is 25.7 Å². The normalized spacial score (nSPS) is 62.0. The van der Waals surface area contributed by atoms with Gasteiger partial charge in [0.25, 0.3) is 0 Å². The average Bonchev–Trinajstić information content (AvgIpc) is 2.53. The van der Waals surface area contributed by atoms with Crippen molar-refractivity contribution in [1.29, 1.82) is 0 Å². The maximum absolute atomic E-state index is 12.0. The lowest BCUT2D eigenvalue weighted by atomic mass is 9.60. The van der Waals surface area contributed by atoms with E-state index in [9.17, 15) is 4.79 Å². The second kappa shape index (κ2) is 2.00. The molecular formula is C11H14O2. The van der Waals surface area contributed by atoms with Crippen LogP contribution in [0.15, 0.2) is 0 Å². The van der Waals surface area contributed by atoms with Gasteiger partial charge in [-0.15, -0.1) is 0 Å². The van der Waals surface area contributed by atoms with Gasteiger partial charge in [-0.3, -0.25) is 4.79 Å².